The Bertz CT molecular complexity index is 888. The summed E-state index contributed by atoms with van der Waals surface area (Å²) in [6.45, 7) is 7.64. The van der Waals surface area contributed by atoms with Gasteiger partial charge in [-0.25, -0.2) is 4.79 Å². The molecule has 1 heterocycles. The Morgan fingerprint density at radius 1 is 1.04 bits per heavy atom. The first-order chi connectivity index (χ1) is 13.7. The molecule has 0 N–H and O–H groups in total. The number of hydrogen-bond donors (Lipinski definition) is 0. The van der Waals surface area contributed by atoms with E-state index in [1.54, 1.807) is 0 Å². The SMILES string of the molecule is CCN(CC)CCOC(=O)COc1nn(Cc2ccccc2)c2ccccc12. The average molecular weight is 381 g/mol. The molecule has 3 aromatic rings. The van der Waals surface area contributed by atoms with Crippen LogP contribution in [-0.4, -0.2) is 53.5 Å². The van der Waals surface area contributed by atoms with Crippen molar-refractivity contribution in [1.82, 2.24) is 14.7 Å². The standard InChI is InChI=1S/C22H27N3O3/c1-3-24(4-2)14-15-27-21(26)17-28-22-19-12-8-9-13-20(19)25(23-22)16-18-10-6-5-7-11-18/h5-13H,3-4,14-17H2,1-2H3. The number of nitrogens with zero attached hydrogens (tertiary/aromatic N) is 3. The zero-order valence-corrected chi connectivity index (χ0v) is 16.5. The lowest BCUT2D eigenvalue weighted by molar-refractivity contribution is -0.146. The molecule has 0 spiro atoms. The van der Waals surface area contributed by atoms with Gasteiger partial charge in [0.05, 0.1) is 17.4 Å². The van der Waals surface area contributed by atoms with Crippen molar-refractivity contribution in [1.29, 1.82) is 0 Å². The highest BCUT2D eigenvalue weighted by Gasteiger charge is 2.14. The van der Waals surface area contributed by atoms with E-state index < -0.39 is 0 Å². The summed E-state index contributed by atoms with van der Waals surface area (Å²) in [5.74, 6) is 0.0704. The van der Waals surface area contributed by atoms with Gasteiger partial charge < -0.3 is 14.4 Å². The van der Waals surface area contributed by atoms with Crippen LogP contribution in [0.15, 0.2) is 54.6 Å². The van der Waals surface area contributed by atoms with Gasteiger partial charge in [-0.2, -0.15) is 0 Å². The molecule has 0 aliphatic rings. The topological polar surface area (TPSA) is 56.6 Å². The van der Waals surface area contributed by atoms with Crippen LogP contribution in [0.1, 0.15) is 19.4 Å². The Kier molecular flexibility index (Phi) is 7.03. The van der Waals surface area contributed by atoms with E-state index in [-0.39, 0.29) is 12.6 Å². The van der Waals surface area contributed by atoms with Crippen LogP contribution in [0.4, 0.5) is 0 Å². The normalized spacial score (nSPS) is 11.1. The largest absolute Gasteiger partial charge is 0.464 e. The molecule has 0 unspecified atom stereocenters. The molecule has 6 nitrogen and oxygen atoms in total. The van der Waals surface area contributed by atoms with Gasteiger partial charge >= 0.3 is 5.97 Å². The Morgan fingerprint density at radius 2 is 1.75 bits per heavy atom. The molecule has 1 aromatic heterocycles. The van der Waals surface area contributed by atoms with E-state index in [9.17, 15) is 4.79 Å². The number of hydrogen-bond acceptors (Lipinski definition) is 5. The minimum absolute atomic E-state index is 0.148. The number of carbonyl (C=O) groups is 1. The highest BCUT2D eigenvalue weighted by atomic mass is 16.6. The van der Waals surface area contributed by atoms with Gasteiger partial charge in [0.1, 0.15) is 6.61 Å². The van der Waals surface area contributed by atoms with Crippen LogP contribution in [0.25, 0.3) is 10.9 Å². The van der Waals surface area contributed by atoms with Gasteiger partial charge in [-0.15, -0.1) is 5.10 Å². The van der Waals surface area contributed by atoms with Gasteiger partial charge in [0.15, 0.2) is 6.61 Å². The van der Waals surface area contributed by atoms with Crippen LogP contribution in [0.3, 0.4) is 0 Å². The van der Waals surface area contributed by atoms with Crippen LogP contribution < -0.4 is 4.74 Å². The second kappa shape index (κ2) is 9.90. The number of rotatable bonds is 10. The number of fused-ring (bicyclic) bond motifs is 1. The molecule has 0 aliphatic heterocycles. The van der Waals surface area contributed by atoms with Gasteiger partial charge in [-0.3, -0.25) is 4.68 Å². The van der Waals surface area contributed by atoms with E-state index >= 15 is 0 Å². The molecule has 0 atom stereocenters. The Hall–Kier alpha value is -2.86. The summed E-state index contributed by atoms with van der Waals surface area (Å²) in [5, 5.41) is 5.45. The zero-order chi connectivity index (χ0) is 19.8. The molecule has 0 bridgehead atoms. The van der Waals surface area contributed by atoms with Crippen molar-refractivity contribution in [3.05, 3.63) is 60.2 Å². The molecule has 148 valence electrons. The Balaban J connectivity index is 1.62. The molecular formula is C22H27N3O3. The molecule has 6 heteroatoms. The molecule has 0 saturated heterocycles. The number of likely N-dealkylation sites (N-methyl/N-ethyl adjacent to an activating group) is 1. The zero-order valence-electron chi connectivity index (χ0n) is 16.5. The third-order valence-electron chi connectivity index (χ3n) is 4.69. The Labute approximate surface area is 165 Å². The van der Waals surface area contributed by atoms with Gasteiger partial charge in [0.25, 0.3) is 0 Å². The second-order valence-electron chi connectivity index (χ2n) is 6.50. The van der Waals surface area contributed by atoms with Gasteiger partial charge in [-0.1, -0.05) is 56.3 Å². The van der Waals surface area contributed by atoms with E-state index in [2.05, 4.69) is 36.0 Å². The average Bonchev–Trinajstić information content (AvgIpc) is 3.08. The Morgan fingerprint density at radius 3 is 2.50 bits per heavy atom. The number of para-hydroxylation sites is 1. The minimum atomic E-state index is -0.381. The molecule has 0 saturated carbocycles. The van der Waals surface area contributed by atoms with E-state index in [1.807, 2.05) is 47.1 Å². The van der Waals surface area contributed by atoms with E-state index in [1.165, 1.54) is 0 Å². The molecule has 0 amide bonds. The quantitative estimate of drug-likeness (QED) is 0.504. The molecule has 28 heavy (non-hydrogen) atoms. The lowest BCUT2D eigenvalue weighted by Gasteiger charge is -2.17. The lowest BCUT2D eigenvalue weighted by Crippen LogP contribution is -2.28. The maximum absolute atomic E-state index is 12.0. The molecule has 0 fully saturated rings. The van der Waals surface area contributed by atoms with Gasteiger partial charge in [0, 0.05) is 6.54 Å². The first-order valence-electron chi connectivity index (χ1n) is 9.71. The van der Waals surface area contributed by atoms with Crippen LogP contribution in [0, 0.1) is 0 Å². The van der Waals surface area contributed by atoms with Crippen LogP contribution >= 0.6 is 0 Å². The maximum atomic E-state index is 12.0. The molecule has 0 aliphatic carbocycles. The number of benzene rings is 2. The summed E-state index contributed by atoms with van der Waals surface area (Å²) < 4.78 is 12.9. The summed E-state index contributed by atoms with van der Waals surface area (Å²) in [7, 11) is 0. The van der Waals surface area contributed by atoms with Crippen molar-refractivity contribution >= 4 is 16.9 Å². The fourth-order valence-corrected chi connectivity index (χ4v) is 3.08. The minimum Gasteiger partial charge on any atom is -0.464 e. The second-order valence-corrected chi connectivity index (χ2v) is 6.50. The first-order valence-corrected chi connectivity index (χ1v) is 9.71. The van der Waals surface area contributed by atoms with Crippen molar-refractivity contribution < 1.29 is 14.3 Å². The monoisotopic (exact) mass is 381 g/mol. The van der Waals surface area contributed by atoms with E-state index in [4.69, 9.17) is 9.47 Å². The third-order valence-corrected chi connectivity index (χ3v) is 4.69. The third kappa shape index (κ3) is 5.10. The highest BCUT2D eigenvalue weighted by Crippen LogP contribution is 2.25. The number of carbonyl (C=O) groups excluding carboxylic acids is 1. The molecule has 0 radical (unpaired) electrons. The van der Waals surface area contributed by atoms with Gasteiger partial charge in [0.2, 0.25) is 5.88 Å². The summed E-state index contributed by atoms with van der Waals surface area (Å²) >= 11 is 0. The smallest absolute Gasteiger partial charge is 0.344 e. The summed E-state index contributed by atoms with van der Waals surface area (Å²) in [5.41, 5.74) is 2.12. The van der Waals surface area contributed by atoms with Crippen molar-refractivity contribution in [3.63, 3.8) is 0 Å². The predicted molar refractivity (Wildman–Crippen MR) is 110 cm³/mol. The van der Waals surface area contributed by atoms with Crippen LogP contribution in [-0.2, 0) is 16.1 Å². The summed E-state index contributed by atoms with van der Waals surface area (Å²) in [6.07, 6.45) is 0. The number of esters is 1. The van der Waals surface area contributed by atoms with Gasteiger partial charge in [-0.05, 0) is 30.8 Å². The van der Waals surface area contributed by atoms with Crippen LogP contribution in [0.2, 0.25) is 0 Å². The molecular weight excluding hydrogens is 354 g/mol. The van der Waals surface area contributed by atoms with E-state index in [0.29, 0.717) is 19.0 Å². The lowest BCUT2D eigenvalue weighted by atomic mass is 10.2. The number of aromatic nitrogens is 2. The fraction of sp³-hybridized carbons (Fsp3) is 0.364. The molecule has 2 aromatic carbocycles. The maximum Gasteiger partial charge on any atom is 0.344 e. The number of ether oxygens (including phenoxy) is 2. The van der Waals surface area contributed by atoms with Crippen LogP contribution in [0.5, 0.6) is 5.88 Å². The van der Waals surface area contributed by atoms with Crippen molar-refractivity contribution in [2.45, 2.75) is 20.4 Å². The fourth-order valence-electron chi connectivity index (χ4n) is 3.08. The predicted octanol–water partition coefficient (Wildman–Crippen LogP) is 3.35. The molecule has 3 rings (SSSR count). The first kappa shape index (κ1) is 19.9. The highest BCUT2D eigenvalue weighted by molar-refractivity contribution is 5.85. The van der Waals surface area contributed by atoms with Crippen molar-refractivity contribution in [2.24, 2.45) is 0 Å². The van der Waals surface area contributed by atoms with Crippen molar-refractivity contribution in [3.8, 4) is 5.88 Å². The summed E-state index contributed by atoms with van der Waals surface area (Å²) in [4.78, 5) is 14.2. The van der Waals surface area contributed by atoms with Crippen molar-refractivity contribution in [2.75, 3.05) is 32.8 Å². The summed E-state index contributed by atoms with van der Waals surface area (Å²) in [6, 6.07) is 18.0. The van der Waals surface area contributed by atoms with E-state index in [0.717, 1.165) is 36.1 Å².